The zero-order valence-electron chi connectivity index (χ0n) is 13.7. The minimum atomic E-state index is -0.279. The highest BCUT2D eigenvalue weighted by Crippen LogP contribution is 2.44. The van der Waals surface area contributed by atoms with Crippen LogP contribution in [0, 0.1) is 12.3 Å². The van der Waals surface area contributed by atoms with Crippen LogP contribution in [0.4, 0.5) is 5.82 Å². The van der Waals surface area contributed by atoms with Crippen molar-refractivity contribution in [1.29, 1.82) is 0 Å². The lowest BCUT2D eigenvalue weighted by atomic mass is 9.66. The summed E-state index contributed by atoms with van der Waals surface area (Å²) in [5.74, 6) is 0.713. The van der Waals surface area contributed by atoms with Crippen molar-refractivity contribution in [2.24, 2.45) is 5.41 Å². The average Bonchev–Trinajstić information content (AvgIpc) is 2.88. The number of hydrogen-bond donors (Lipinski definition) is 1. The molecule has 1 aromatic heterocycles. The third kappa shape index (κ3) is 3.15. The lowest BCUT2D eigenvalue weighted by molar-refractivity contribution is -0.131. The molecule has 5 heteroatoms. The predicted octanol–water partition coefficient (Wildman–Crippen LogP) is 3.33. The van der Waals surface area contributed by atoms with Crippen LogP contribution in [0.15, 0.2) is 36.5 Å². The lowest BCUT2D eigenvalue weighted by Gasteiger charge is -2.39. The van der Waals surface area contributed by atoms with Crippen molar-refractivity contribution in [3.05, 3.63) is 42.1 Å². The third-order valence-electron chi connectivity index (χ3n) is 4.73. The van der Waals surface area contributed by atoms with E-state index in [4.69, 9.17) is 4.74 Å². The summed E-state index contributed by atoms with van der Waals surface area (Å²) in [5, 5.41) is 7.55. The van der Waals surface area contributed by atoms with Crippen LogP contribution in [0.2, 0.25) is 0 Å². The number of carbonyl (C=O) groups is 1. The fourth-order valence-electron chi connectivity index (χ4n) is 3.03. The molecule has 0 unspecified atom stereocenters. The Balaban J connectivity index is 1.75. The summed E-state index contributed by atoms with van der Waals surface area (Å²) in [7, 11) is 1.68. The molecule has 1 fully saturated rings. The Morgan fingerprint density at radius 2 is 2.09 bits per heavy atom. The smallest absolute Gasteiger partial charge is 0.231 e. The third-order valence-corrected chi connectivity index (χ3v) is 4.73. The number of nitrogens with zero attached hydrogens (tertiary/aromatic N) is 2. The first-order valence-corrected chi connectivity index (χ1v) is 8.07. The molecule has 3 rings (SSSR count). The zero-order chi connectivity index (χ0) is 16.3. The Hall–Kier alpha value is -2.14. The summed E-state index contributed by atoms with van der Waals surface area (Å²) < 4.78 is 6.96. The number of carbonyl (C=O) groups excluding carboxylic acids is 1. The highest BCUT2D eigenvalue weighted by molar-refractivity contribution is 5.95. The molecule has 1 heterocycles. The maximum Gasteiger partial charge on any atom is 0.231 e. The van der Waals surface area contributed by atoms with Gasteiger partial charge < -0.3 is 10.1 Å². The van der Waals surface area contributed by atoms with Crippen molar-refractivity contribution in [3.8, 4) is 5.69 Å². The Bertz CT molecular complexity index is 675. The highest BCUT2D eigenvalue weighted by Gasteiger charge is 2.43. The molecule has 1 aliphatic rings. The second-order valence-electron chi connectivity index (χ2n) is 6.27. The molecule has 0 saturated heterocycles. The van der Waals surface area contributed by atoms with Gasteiger partial charge in [-0.25, -0.2) is 4.68 Å². The molecular formula is C18H23N3O2. The van der Waals surface area contributed by atoms with Crippen LogP contribution in [0.1, 0.15) is 31.2 Å². The maximum atomic E-state index is 12.7. The number of aryl methyl sites for hydroxylation is 1. The van der Waals surface area contributed by atoms with Crippen molar-refractivity contribution in [3.63, 3.8) is 0 Å². The number of ether oxygens (including phenoxy) is 1. The molecule has 122 valence electrons. The molecule has 0 bridgehead atoms. The molecule has 1 amide bonds. The van der Waals surface area contributed by atoms with E-state index in [1.165, 1.54) is 0 Å². The van der Waals surface area contributed by atoms with Crippen LogP contribution in [-0.4, -0.2) is 29.4 Å². The number of aromatic nitrogens is 2. The van der Waals surface area contributed by atoms with Crippen LogP contribution in [0.5, 0.6) is 0 Å². The van der Waals surface area contributed by atoms with Crippen molar-refractivity contribution in [1.82, 2.24) is 9.78 Å². The van der Waals surface area contributed by atoms with Crippen molar-refractivity contribution in [2.45, 2.75) is 32.6 Å². The van der Waals surface area contributed by atoms with Gasteiger partial charge in [0.25, 0.3) is 0 Å². The Labute approximate surface area is 136 Å². The quantitative estimate of drug-likeness (QED) is 0.890. The normalized spacial score (nSPS) is 15.9. The zero-order valence-corrected chi connectivity index (χ0v) is 13.7. The first-order valence-electron chi connectivity index (χ1n) is 8.07. The molecule has 23 heavy (non-hydrogen) atoms. The number of methoxy groups -OCH3 is 1. The largest absolute Gasteiger partial charge is 0.385 e. The minimum Gasteiger partial charge on any atom is -0.385 e. The van der Waals surface area contributed by atoms with Crippen LogP contribution in [0.25, 0.3) is 5.69 Å². The number of amides is 1. The van der Waals surface area contributed by atoms with Gasteiger partial charge in [-0.3, -0.25) is 4.79 Å². The summed E-state index contributed by atoms with van der Waals surface area (Å²) in [6.07, 6.45) is 5.68. The molecule has 1 aliphatic carbocycles. The van der Waals surface area contributed by atoms with Crippen molar-refractivity contribution < 1.29 is 9.53 Å². The number of nitrogens with one attached hydrogen (secondary N) is 1. The number of hydrogen-bond acceptors (Lipinski definition) is 3. The van der Waals surface area contributed by atoms with Gasteiger partial charge in [0.1, 0.15) is 0 Å². The van der Waals surface area contributed by atoms with Gasteiger partial charge in [0, 0.05) is 25.5 Å². The van der Waals surface area contributed by atoms with E-state index in [9.17, 15) is 4.79 Å². The second kappa shape index (κ2) is 6.54. The van der Waals surface area contributed by atoms with Gasteiger partial charge in [0.05, 0.1) is 11.1 Å². The SMILES string of the molecule is COCCC1(C(=O)Nc2nn(-c3ccccc3)cc2C)CCC1. The molecule has 0 atom stereocenters. The summed E-state index contributed by atoms with van der Waals surface area (Å²) in [5.41, 5.74) is 1.66. The number of para-hydroxylation sites is 1. The number of benzene rings is 1. The highest BCUT2D eigenvalue weighted by atomic mass is 16.5. The van der Waals surface area contributed by atoms with E-state index in [1.54, 1.807) is 11.8 Å². The summed E-state index contributed by atoms with van der Waals surface area (Å²) >= 11 is 0. The van der Waals surface area contributed by atoms with E-state index in [0.29, 0.717) is 12.4 Å². The van der Waals surface area contributed by atoms with Crippen molar-refractivity contribution >= 4 is 11.7 Å². The summed E-state index contributed by atoms with van der Waals surface area (Å²) in [6.45, 7) is 2.58. The first kappa shape index (κ1) is 15.7. The van der Waals surface area contributed by atoms with Gasteiger partial charge in [-0.2, -0.15) is 0 Å². The monoisotopic (exact) mass is 313 g/mol. The van der Waals surface area contributed by atoms with Gasteiger partial charge in [-0.1, -0.05) is 24.6 Å². The van der Waals surface area contributed by atoms with Gasteiger partial charge in [-0.05, 0) is 38.3 Å². The van der Waals surface area contributed by atoms with Gasteiger partial charge in [-0.15, -0.1) is 5.10 Å². The predicted molar refractivity (Wildman–Crippen MR) is 89.7 cm³/mol. The molecule has 0 radical (unpaired) electrons. The standard InChI is InChI=1S/C18H23N3O2/c1-14-13-21(15-7-4-3-5-8-15)20-16(14)19-17(22)18(9-6-10-18)11-12-23-2/h3-5,7-8,13H,6,9-12H2,1-2H3,(H,19,20,22). The van der Waals surface area contributed by atoms with Gasteiger partial charge in [0.2, 0.25) is 5.91 Å². The topological polar surface area (TPSA) is 56.1 Å². The van der Waals surface area contributed by atoms with E-state index >= 15 is 0 Å². The molecule has 0 aliphatic heterocycles. The van der Waals surface area contributed by atoms with E-state index in [2.05, 4.69) is 10.4 Å². The van der Waals surface area contributed by atoms with Crippen LogP contribution >= 0.6 is 0 Å². The van der Waals surface area contributed by atoms with E-state index < -0.39 is 0 Å². The summed E-state index contributed by atoms with van der Waals surface area (Å²) in [4.78, 5) is 12.7. The second-order valence-corrected chi connectivity index (χ2v) is 6.27. The number of anilines is 1. The molecule has 1 N–H and O–H groups in total. The number of rotatable bonds is 6. The van der Waals surface area contributed by atoms with Crippen molar-refractivity contribution in [2.75, 3.05) is 19.0 Å². The first-order chi connectivity index (χ1) is 11.1. The average molecular weight is 313 g/mol. The fraction of sp³-hybridized carbons (Fsp3) is 0.444. The van der Waals surface area contributed by atoms with E-state index in [0.717, 1.165) is 36.9 Å². The Kier molecular flexibility index (Phi) is 4.48. The Morgan fingerprint density at radius 1 is 1.35 bits per heavy atom. The minimum absolute atomic E-state index is 0.0715. The Morgan fingerprint density at radius 3 is 2.70 bits per heavy atom. The molecule has 0 spiro atoms. The van der Waals surface area contributed by atoms with Crippen LogP contribution in [0.3, 0.4) is 0 Å². The molecule has 5 nitrogen and oxygen atoms in total. The van der Waals surface area contributed by atoms with Crippen LogP contribution < -0.4 is 5.32 Å². The van der Waals surface area contributed by atoms with E-state index in [1.807, 2.05) is 43.5 Å². The molecule has 2 aromatic rings. The lowest BCUT2D eigenvalue weighted by Crippen LogP contribution is -2.43. The summed E-state index contributed by atoms with van der Waals surface area (Å²) in [6, 6.07) is 9.89. The fourth-order valence-corrected chi connectivity index (χ4v) is 3.03. The van der Waals surface area contributed by atoms with Gasteiger partial charge >= 0.3 is 0 Å². The van der Waals surface area contributed by atoms with Crippen LogP contribution in [-0.2, 0) is 9.53 Å². The molecule has 1 saturated carbocycles. The maximum absolute atomic E-state index is 12.7. The van der Waals surface area contributed by atoms with Gasteiger partial charge in [0.15, 0.2) is 5.82 Å². The molecular weight excluding hydrogens is 290 g/mol. The molecule has 1 aromatic carbocycles. The van der Waals surface area contributed by atoms with E-state index in [-0.39, 0.29) is 11.3 Å².